The lowest BCUT2D eigenvalue weighted by molar-refractivity contribution is 0.0956. The summed E-state index contributed by atoms with van der Waals surface area (Å²) < 4.78 is 0. The van der Waals surface area contributed by atoms with Gasteiger partial charge in [-0.1, -0.05) is 18.2 Å². The quantitative estimate of drug-likeness (QED) is 0.864. The molecule has 0 aliphatic carbocycles. The number of benzene rings is 1. The number of nitrogens with one attached hydrogen (secondary N) is 1. The lowest BCUT2D eigenvalue weighted by Gasteiger charge is -2.19. The number of hydrogen-bond acceptors (Lipinski definition) is 4. The van der Waals surface area contributed by atoms with E-state index in [2.05, 4.69) is 39.5 Å². The van der Waals surface area contributed by atoms with E-state index >= 15 is 0 Å². The summed E-state index contributed by atoms with van der Waals surface area (Å²) in [6.45, 7) is 4.64. The average Bonchev–Trinajstić information content (AvgIpc) is 3.10. The minimum atomic E-state index is -0.00294. The van der Waals surface area contributed by atoms with E-state index in [0.29, 0.717) is 6.54 Å². The fourth-order valence-corrected chi connectivity index (χ4v) is 3.43. The molecule has 0 saturated heterocycles. The van der Waals surface area contributed by atoms with Crippen LogP contribution in [0.1, 0.15) is 27.3 Å². The van der Waals surface area contributed by atoms with Crippen LogP contribution in [0, 0.1) is 6.92 Å². The van der Waals surface area contributed by atoms with E-state index in [1.165, 1.54) is 22.6 Å². The molecule has 2 heterocycles. The van der Waals surface area contributed by atoms with Gasteiger partial charge in [-0.15, -0.1) is 11.3 Å². The fraction of sp³-hybridized carbons (Fsp3) is 0.375. The molecule has 0 radical (unpaired) electrons. The maximum atomic E-state index is 12.0. The van der Waals surface area contributed by atoms with Crippen molar-refractivity contribution in [2.45, 2.75) is 19.8 Å². The highest BCUT2D eigenvalue weighted by Gasteiger charge is 2.17. The second kappa shape index (κ2) is 6.26. The molecule has 110 valence electrons. The Morgan fingerprint density at radius 1 is 1.43 bits per heavy atom. The minimum absolute atomic E-state index is 0.00294. The Balaban J connectivity index is 1.45. The number of rotatable bonds is 5. The number of amides is 1. The van der Waals surface area contributed by atoms with Gasteiger partial charge in [-0.05, 0) is 31.4 Å². The second-order valence-corrected chi connectivity index (χ2v) is 6.10. The molecule has 1 aliphatic heterocycles. The Hall–Kier alpha value is -1.88. The molecule has 0 bridgehead atoms. The summed E-state index contributed by atoms with van der Waals surface area (Å²) in [6.07, 6.45) is 2.08. The van der Waals surface area contributed by atoms with Crippen molar-refractivity contribution < 1.29 is 4.79 Å². The zero-order valence-corrected chi connectivity index (χ0v) is 12.9. The summed E-state index contributed by atoms with van der Waals surface area (Å²) in [4.78, 5) is 19.2. The van der Waals surface area contributed by atoms with Crippen LogP contribution in [-0.2, 0) is 6.42 Å². The number of anilines is 1. The van der Waals surface area contributed by atoms with Crippen molar-refractivity contribution in [2.75, 3.05) is 24.5 Å². The summed E-state index contributed by atoms with van der Waals surface area (Å²) in [6, 6.07) is 8.57. The van der Waals surface area contributed by atoms with Gasteiger partial charge < -0.3 is 10.2 Å². The number of thiazole rings is 1. The molecule has 0 unspecified atom stereocenters. The van der Waals surface area contributed by atoms with Crippen LogP contribution in [0.4, 0.5) is 5.69 Å². The zero-order valence-electron chi connectivity index (χ0n) is 12.1. The van der Waals surface area contributed by atoms with Gasteiger partial charge in [-0.2, -0.15) is 0 Å². The van der Waals surface area contributed by atoms with E-state index in [-0.39, 0.29) is 5.91 Å². The van der Waals surface area contributed by atoms with E-state index in [4.69, 9.17) is 0 Å². The van der Waals surface area contributed by atoms with E-state index < -0.39 is 0 Å². The number of nitrogens with zero attached hydrogens (tertiary/aromatic N) is 2. The second-order valence-electron chi connectivity index (χ2n) is 5.24. The smallest absolute Gasteiger partial charge is 0.263 e. The first kappa shape index (κ1) is 14.1. The van der Waals surface area contributed by atoms with Crippen LogP contribution in [0.25, 0.3) is 0 Å². The lowest BCUT2D eigenvalue weighted by atomic mass is 10.2. The molecule has 1 aromatic carbocycles. The largest absolute Gasteiger partial charge is 0.371 e. The number of fused-ring (bicyclic) bond motifs is 1. The summed E-state index contributed by atoms with van der Waals surface area (Å²) in [7, 11) is 0. The monoisotopic (exact) mass is 301 g/mol. The first-order valence-corrected chi connectivity index (χ1v) is 8.15. The molecule has 4 nitrogen and oxygen atoms in total. The maximum Gasteiger partial charge on any atom is 0.263 e. The van der Waals surface area contributed by atoms with Crippen molar-refractivity contribution >= 4 is 22.9 Å². The highest BCUT2D eigenvalue weighted by atomic mass is 32.1. The van der Waals surface area contributed by atoms with Crippen molar-refractivity contribution in [1.29, 1.82) is 0 Å². The Kier molecular flexibility index (Phi) is 4.20. The van der Waals surface area contributed by atoms with E-state index in [0.717, 1.165) is 36.5 Å². The van der Waals surface area contributed by atoms with Gasteiger partial charge in [0, 0.05) is 25.3 Å². The molecular formula is C16H19N3OS. The normalized spacial score (nSPS) is 13.3. The lowest BCUT2D eigenvalue weighted by Crippen LogP contribution is -2.29. The minimum Gasteiger partial charge on any atom is -0.371 e. The first-order chi connectivity index (χ1) is 10.3. The molecule has 1 aliphatic rings. The van der Waals surface area contributed by atoms with Crippen molar-refractivity contribution in [3.8, 4) is 0 Å². The van der Waals surface area contributed by atoms with Crippen LogP contribution >= 0.6 is 11.3 Å². The van der Waals surface area contributed by atoms with Gasteiger partial charge in [0.15, 0.2) is 0 Å². The number of aromatic nitrogens is 1. The molecule has 0 saturated carbocycles. The van der Waals surface area contributed by atoms with Gasteiger partial charge in [0.25, 0.3) is 5.91 Å². The summed E-state index contributed by atoms with van der Waals surface area (Å²) >= 11 is 1.40. The topological polar surface area (TPSA) is 45.2 Å². The van der Waals surface area contributed by atoms with Crippen molar-refractivity contribution in [1.82, 2.24) is 10.3 Å². The number of carbonyl (C=O) groups excluding carboxylic acids is 1. The van der Waals surface area contributed by atoms with E-state index in [9.17, 15) is 4.79 Å². The molecule has 2 aromatic rings. The van der Waals surface area contributed by atoms with Gasteiger partial charge >= 0.3 is 0 Å². The molecule has 0 spiro atoms. The van der Waals surface area contributed by atoms with Gasteiger partial charge in [0.1, 0.15) is 4.88 Å². The van der Waals surface area contributed by atoms with E-state index in [1.54, 1.807) is 5.51 Å². The third-order valence-electron chi connectivity index (χ3n) is 3.83. The molecule has 1 amide bonds. The molecule has 1 aromatic heterocycles. The van der Waals surface area contributed by atoms with Crippen molar-refractivity contribution in [2.24, 2.45) is 0 Å². The van der Waals surface area contributed by atoms with Gasteiger partial charge in [0.2, 0.25) is 0 Å². The van der Waals surface area contributed by atoms with Crippen LogP contribution in [-0.4, -0.2) is 30.5 Å². The van der Waals surface area contributed by atoms with Crippen LogP contribution in [0.2, 0.25) is 0 Å². The molecule has 21 heavy (non-hydrogen) atoms. The predicted molar refractivity (Wildman–Crippen MR) is 86.2 cm³/mol. The Bertz CT molecular complexity index is 638. The van der Waals surface area contributed by atoms with Crippen molar-refractivity contribution in [3.63, 3.8) is 0 Å². The summed E-state index contributed by atoms with van der Waals surface area (Å²) in [5.41, 5.74) is 5.31. The third-order valence-corrected chi connectivity index (χ3v) is 4.75. The van der Waals surface area contributed by atoms with Crippen molar-refractivity contribution in [3.05, 3.63) is 45.9 Å². The number of aryl methyl sites for hydroxylation is 1. The number of carbonyl (C=O) groups is 1. The Labute approximate surface area is 128 Å². The molecule has 1 N–H and O–H groups in total. The molecule has 0 atom stereocenters. The number of hydrogen-bond donors (Lipinski definition) is 1. The maximum absolute atomic E-state index is 12.0. The van der Waals surface area contributed by atoms with Crippen LogP contribution < -0.4 is 10.2 Å². The fourth-order valence-electron chi connectivity index (χ4n) is 2.71. The molecule has 3 rings (SSSR count). The molecule has 5 heteroatoms. The highest BCUT2D eigenvalue weighted by Crippen LogP contribution is 2.27. The predicted octanol–water partition coefficient (Wildman–Crippen LogP) is 2.63. The zero-order chi connectivity index (χ0) is 14.7. The van der Waals surface area contributed by atoms with Gasteiger partial charge in [-0.3, -0.25) is 4.79 Å². The first-order valence-electron chi connectivity index (χ1n) is 7.27. The molecular weight excluding hydrogens is 282 g/mol. The summed E-state index contributed by atoms with van der Waals surface area (Å²) in [5.74, 6) is -0.00294. The third kappa shape index (κ3) is 3.08. The van der Waals surface area contributed by atoms with Gasteiger partial charge in [-0.25, -0.2) is 4.98 Å². The van der Waals surface area contributed by atoms with E-state index in [1.807, 2.05) is 6.92 Å². The Morgan fingerprint density at radius 3 is 3.10 bits per heavy atom. The van der Waals surface area contributed by atoms with Crippen LogP contribution in [0.5, 0.6) is 0 Å². The summed E-state index contributed by atoms with van der Waals surface area (Å²) in [5, 5.41) is 2.98. The average molecular weight is 301 g/mol. The Morgan fingerprint density at radius 2 is 2.29 bits per heavy atom. The number of para-hydroxylation sites is 1. The standard InChI is InChI=1S/C16H19N3OS/c1-12-15(21-11-18-12)16(20)17-8-4-9-19-10-7-13-5-2-3-6-14(13)19/h2-3,5-6,11H,4,7-10H2,1H3,(H,17,20). The highest BCUT2D eigenvalue weighted by molar-refractivity contribution is 7.11. The van der Waals surface area contributed by atoms with Crippen LogP contribution in [0.15, 0.2) is 29.8 Å². The molecule has 0 fully saturated rings. The van der Waals surface area contributed by atoms with Gasteiger partial charge in [0.05, 0.1) is 11.2 Å². The van der Waals surface area contributed by atoms with Crippen LogP contribution in [0.3, 0.4) is 0 Å². The SMILES string of the molecule is Cc1ncsc1C(=O)NCCCN1CCc2ccccc21.